The minimum atomic E-state index is -0.452. The van der Waals surface area contributed by atoms with E-state index in [1.54, 1.807) is 6.07 Å². The number of ketones is 1. The molecule has 3 rings (SSSR count). The van der Waals surface area contributed by atoms with Crippen molar-refractivity contribution in [3.05, 3.63) is 77.9 Å². The van der Waals surface area contributed by atoms with E-state index < -0.39 is 5.82 Å². The Kier molecular flexibility index (Phi) is 3.09. The van der Waals surface area contributed by atoms with E-state index in [9.17, 15) is 9.18 Å². The van der Waals surface area contributed by atoms with Gasteiger partial charge in [0.25, 0.3) is 0 Å². The van der Waals surface area contributed by atoms with Gasteiger partial charge in [0.2, 0.25) is 5.78 Å². The van der Waals surface area contributed by atoms with Gasteiger partial charge in [0.1, 0.15) is 5.82 Å². The normalized spacial score (nSPS) is 10.4. The Morgan fingerprint density at radius 3 is 2.60 bits per heavy atom. The summed E-state index contributed by atoms with van der Waals surface area (Å²) in [5.74, 6) is -0.807. The van der Waals surface area contributed by atoms with E-state index in [1.807, 2.05) is 30.3 Å². The number of aromatic nitrogens is 3. The second kappa shape index (κ2) is 5.05. The zero-order valence-corrected chi connectivity index (χ0v) is 10.4. The third kappa shape index (κ3) is 2.33. The molecule has 1 aromatic heterocycles. The first-order valence-electron chi connectivity index (χ1n) is 6.02. The largest absolute Gasteiger partial charge is 0.287 e. The van der Waals surface area contributed by atoms with Gasteiger partial charge in [-0.1, -0.05) is 30.3 Å². The van der Waals surface area contributed by atoms with Crippen molar-refractivity contribution in [3.63, 3.8) is 0 Å². The van der Waals surface area contributed by atoms with E-state index in [2.05, 4.69) is 10.2 Å². The fourth-order valence-corrected chi connectivity index (χ4v) is 1.83. The Balaban J connectivity index is 1.93. The number of halogens is 1. The van der Waals surface area contributed by atoms with Crippen molar-refractivity contribution in [1.82, 2.24) is 15.0 Å². The monoisotopic (exact) mass is 267 g/mol. The first kappa shape index (κ1) is 12.2. The Hall–Kier alpha value is -2.82. The van der Waals surface area contributed by atoms with E-state index >= 15 is 0 Å². The van der Waals surface area contributed by atoms with Gasteiger partial charge in [0.15, 0.2) is 5.69 Å². The molecule has 0 N–H and O–H groups in total. The summed E-state index contributed by atoms with van der Waals surface area (Å²) >= 11 is 0. The quantitative estimate of drug-likeness (QED) is 0.685. The second-order valence-corrected chi connectivity index (χ2v) is 4.19. The molecule has 98 valence electrons. The van der Waals surface area contributed by atoms with Crippen LogP contribution in [-0.4, -0.2) is 20.8 Å². The number of benzene rings is 2. The summed E-state index contributed by atoms with van der Waals surface area (Å²) in [7, 11) is 0. The van der Waals surface area contributed by atoms with Crippen molar-refractivity contribution in [1.29, 1.82) is 0 Å². The number of rotatable bonds is 3. The minimum Gasteiger partial charge on any atom is -0.287 e. The van der Waals surface area contributed by atoms with Crippen LogP contribution in [0.1, 0.15) is 16.1 Å². The maximum atomic E-state index is 13.1. The fraction of sp³-hybridized carbons (Fsp3) is 0. The number of nitrogens with zero attached hydrogens (tertiary/aromatic N) is 3. The van der Waals surface area contributed by atoms with Crippen LogP contribution in [0.2, 0.25) is 0 Å². The van der Waals surface area contributed by atoms with Crippen LogP contribution in [0.5, 0.6) is 0 Å². The second-order valence-electron chi connectivity index (χ2n) is 4.19. The molecule has 0 saturated heterocycles. The molecular weight excluding hydrogens is 257 g/mol. The summed E-state index contributed by atoms with van der Waals surface area (Å²) in [5.41, 5.74) is 1.19. The minimum absolute atomic E-state index is 0.180. The molecular formula is C15H10FN3O. The molecule has 2 aromatic carbocycles. The number of para-hydroxylation sites is 1. The lowest BCUT2D eigenvalue weighted by Crippen LogP contribution is -2.04. The summed E-state index contributed by atoms with van der Waals surface area (Å²) in [4.78, 5) is 13.5. The van der Waals surface area contributed by atoms with Crippen LogP contribution in [0.4, 0.5) is 4.39 Å². The van der Waals surface area contributed by atoms with Crippen LogP contribution in [0, 0.1) is 5.82 Å². The SMILES string of the molecule is O=C(c1cccc(F)c1)c1cnn(-c2ccccc2)n1. The Morgan fingerprint density at radius 1 is 1.05 bits per heavy atom. The molecule has 0 aliphatic carbocycles. The van der Waals surface area contributed by atoms with Crippen LogP contribution in [0.3, 0.4) is 0 Å². The molecule has 20 heavy (non-hydrogen) atoms. The predicted molar refractivity (Wildman–Crippen MR) is 71.2 cm³/mol. The standard InChI is InChI=1S/C15H10FN3O/c16-12-6-4-5-11(9-12)15(20)14-10-17-19(18-14)13-7-2-1-3-8-13/h1-10H. The average molecular weight is 267 g/mol. The highest BCUT2D eigenvalue weighted by molar-refractivity contribution is 6.07. The molecule has 0 fully saturated rings. The van der Waals surface area contributed by atoms with Gasteiger partial charge in [0, 0.05) is 5.56 Å². The molecule has 0 unspecified atom stereocenters. The maximum Gasteiger partial charge on any atom is 0.215 e. The summed E-state index contributed by atoms with van der Waals surface area (Å²) in [6.07, 6.45) is 1.38. The van der Waals surface area contributed by atoms with Crippen molar-refractivity contribution in [2.24, 2.45) is 0 Å². The lowest BCUT2D eigenvalue weighted by atomic mass is 10.1. The Labute approximate surface area is 114 Å². The number of hydrogen-bond donors (Lipinski definition) is 0. The highest BCUT2D eigenvalue weighted by Gasteiger charge is 2.14. The van der Waals surface area contributed by atoms with E-state index in [-0.39, 0.29) is 17.0 Å². The van der Waals surface area contributed by atoms with Gasteiger partial charge in [-0.15, -0.1) is 5.10 Å². The van der Waals surface area contributed by atoms with Crippen LogP contribution >= 0.6 is 0 Å². The summed E-state index contributed by atoms with van der Waals surface area (Å²) in [5, 5.41) is 8.17. The topological polar surface area (TPSA) is 47.8 Å². The molecule has 0 bridgehead atoms. The molecule has 0 aliphatic rings. The van der Waals surface area contributed by atoms with Crippen molar-refractivity contribution < 1.29 is 9.18 Å². The first-order valence-corrected chi connectivity index (χ1v) is 6.02. The highest BCUT2D eigenvalue weighted by Crippen LogP contribution is 2.10. The predicted octanol–water partition coefficient (Wildman–Crippen LogP) is 2.64. The van der Waals surface area contributed by atoms with Crippen molar-refractivity contribution in [2.75, 3.05) is 0 Å². The van der Waals surface area contributed by atoms with Crippen LogP contribution < -0.4 is 0 Å². The van der Waals surface area contributed by atoms with Gasteiger partial charge in [-0.25, -0.2) is 4.39 Å². The number of carbonyl (C=O) groups excluding carboxylic acids is 1. The van der Waals surface area contributed by atoms with Crippen LogP contribution in [0.25, 0.3) is 5.69 Å². The molecule has 0 amide bonds. The molecule has 5 heteroatoms. The lowest BCUT2D eigenvalue weighted by molar-refractivity contribution is 0.103. The zero-order chi connectivity index (χ0) is 13.9. The van der Waals surface area contributed by atoms with Crippen LogP contribution in [0.15, 0.2) is 60.8 Å². The molecule has 0 radical (unpaired) electrons. The molecule has 3 aromatic rings. The molecule has 0 aliphatic heterocycles. The van der Waals surface area contributed by atoms with Crippen LogP contribution in [-0.2, 0) is 0 Å². The summed E-state index contributed by atoms with van der Waals surface area (Å²) < 4.78 is 13.1. The van der Waals surface area contributed by atoms with Gasteiger partial charge in [-0.3, -0.25) is 4.79 Å². The summed E-state index contributed by atoms with van der Waals surface area (Å²) in [6.45, 7) is 0. The zero-order valence-electron chi connectivity index (χ0n) is 10.4. The Morgan fingerprint density at radius 2 is 1.85 bits per heavy atom. The molecule has 1 heterocycles. The average Bonchev–Trinajstić information content (AvgIpc) is 2.97. The molecule has 0 spiro atoms. The van der Waals surface area contributed by atoms with Gasteiger partial charge in [-0.2, -0.15) is 9.90 Å². The maximum absolute atomic E-state index is 13.1. The fourth-order valence-electron chi connectivity index (χ4n) is 1.83. The number of hydrogen-bond acceptors (Lipinski definition) is 3. The highest BCUT2D eigenvalue weighted by atomic mass is 19.1. The van der Waals surface area contributed by atoms with Gasteiger partial charge in [-0.05, 0) is 24.3 Å². The van der Waals surface area contributed by atoms with E-state index in [0.717, 1.165) is 5.69 Å². The number of carbonyl (C=O) groups is 1. The third-order valence-electron chi connectivity index (χ3n) is 2.80. The van der Waals surface area contributed by atoms with Crippen molar-refractivity contribution in [2.45, 2.75) is 0 Å². The Bertz CT molecular complexity index is 753. The molecule has 0 atom stereocenters. The van der Waals surface area contributed by atoms with E-state index in [0.29, 0.717) is 0 Å². The van der Waals surface area contributed by atoms with Crippen molar-refractivity contribution in [3.8, 4) is 5.69 Å². The van der Waals surface area contributed by atoms with E-state index in [1.165, 1.54) is 29.2 Å². The first-order chi connectivity index (χ1) is 9.74. The molecule has 4 nitrogen and oxygen atoms in total. The summed E-state index contributed by atoms with van der Waals surface area (Å²) in [6, 6.07) is 14.8. The third-order valence-corrected chi connectivity index (χ3v) is 2.80. The van der Waals surface area contributed by atoms with Crippen molar-refractivity contribution >= 4 is 5.78 Å². The van der Waals surface area contributed by atoms with E-state index in [4.69, 9.17) is 0 Å². The molecule has 0 saturated carbocycles. The smallest absolute Gasteiger partial charge is 0.215 e. The van der Waals surface area contributed by atoms with Gasteiger partial charge < -0.3 is 0 Å². The lowest BCUT2D eigenvalue weighted by Gasteiger charge is -1.98. The van der Waals surface area contributed by atoms with Gasteiger partial charge >= 0.3 is 0 Å². The van der Waals surface area contributed by atoms with Gasteiger partial charge in [0.05, 0.1) is 11.9 Å².